The van der Waals surface area contributed by atoms with Crippen LogP contribution < -0.4 is 9.47 Å². The van der Waals surface area contributed by atoms with Gasteiger partial charge in [-0.3, -0.25) is 14.9 Å². The molecule has 1 saturated heterocycles. The van der Waals surface area contributed by atoms with Crippen LogP contribution in [-0.4, -0.2) is 49.2 Å². The number of nitro benzene ring substituents is 1. The van der Waals surface area contributed by atoms with E-state index in [0.717, 1.165) is 10.5 Å². The minimum atomic E-state index is -0.961. The van der Waals surface area contributed by atoms with Crippen molar-refractivity contribution in [1.82, 2.24) is 4.90 Å². The number of amides is 2. The molecule has 10 nitrogen and oxygen atoms in total. The first-order chi connectivity index (χ1) is 15.7. The predicted octanol–water partition coefficient (Wildman–Crippen LogP) is 4.04. The lowest BCUT2D eigenvalue weighted by molar-refractivity contribution is -0.385. The van der Waals surface area contributed by atoms with E-state index in [-0.39, 0.29) is 22.7 Å². The van der Waals surface area contributed by atoms with Crippen molar-refractivity contribution in [3.8, 4) is 11.5 Å². The molecule has 0 N–H and O–H groups in total. The van der Waals surface area contributed by atoms with E-state index in [9.17, 15) is 19.7 Å². The van der Waals surface area contributed by atoms with E-state index in [0.29, 0.717) is 0 Å². The first kappa shape index (κ1) is 24.0. The molecule has 1 fully saturated rings. The number of imide groups is 1. The molecule has 4 atom stereocenters. The zero-order valence-electron chi connectivity index (χ0n) is 19.0. The molecule has 0 unspecified atom stereocenters. The quantitative estimate of drug-likeness (QED) is 0.430. The van der Waals surface area contributed by atoms with Crippen LogP contribution in [0.2, 0.25) is 0 Å². The molecule has 1 aliphatic rings. The number of ether oxygens (including phenoxy) is 4. The summed E-state index contributed by atoms with van der Waals surface area (Å²) >= 11 is 0. The van der Waals surface area contributed by atoms with Gasteiger partial charge in [0.2, 0.25) is 11.7 Å². The molecule has 176 valence electrons. The Balaban J connectivity index is 1.96. The van der Waals surface area contributed by atoms with Gasteiger partial charge in [0, 0.05) is 12.7 Å². The summed E-state index contributed by atoms with van der Waals surface area (Å²) in [5.74, 6) is -1.28. The van der Waals surface area contributed by atoms with Crippen LogP contribution in [0.4, 0.5) is 10.5 Å². The van der Waals surface area contributed by atoms with Crippen molar-refractivity contribution in [3.05, 3.63) is 63.7 Å². The Kier molecular flexibility index (Phi) is 7.17. The van der Waals surface area contributed by atoms with Crippen molar-refractivity contribution in [1.29, 1.82) is 0 Å². The molecule has 1 heterocycles. The van der Waals surface area contributed by atoms with Gasteiger partial charge in [-0.1, -0.05) is 37.3 Å². The minimum absolute atomic E-state index is 0.0495. The summed E-state index contributed by atoms with van der Waals surface area (Å²) in [4.78, 5) is 38.1. The lowest BCUT2D eigenvalue weighted by Gasteiger charge is -2.28. The number of nitrogens with zero attached hydrogens (tertiary/aromatic N) is 2. The number of carbonyl (C=O) groups excluding carboxylic acids is 2. The Bertz CT molecular complexity index is 1040. The van der Waals surface area contributed by atoms with E-state index in [4.69, 9.17) is 18.9 Å². The Morgan fingerprint density at radius 2 is 1.82 bits per heavy atom. The van der Waals surface area contributed by atoms with Crippen LogP contribution in [0.15, 0.2) is 42.5 Å². The van der Waals surface area contributed by atoms with Gasteiger partial charge in [-0.2, -0.15) is 0 Å². The first-order valence-electron chi connectivity index (χ1n) is 10.3. The van der Waals surface area contributed by atoms with Crippen LogP contribution in [0.1, 0.15) is 37.2 Å². The Morgan fingerprint density at radius 1 is 1.15 bits per heavy atom. The van der Waals surface area contributed by atoms with Crippen molar-refractivity contribution in [2.45, 2.75) is 32.1 Å². The van der Waals surface area contributed by atoms with Crippen LogP contribution >= 0.6 is 0 Å². The second-order valence-electron chi connectivity index (χ2n) is 7.63. The van der Waals surface area contributed by atoms with Gasteiger partial charge in [-0.25, -0.2) is 9.69 Å². The highest BCUT2D eigenvalue weighted by molar-refractivity contribution is 5.95. The van der Waals surface area contributed by atoms with Crippen LogP contribution in [0.3, 0.4) is 0 Å². The summed E-state index contributed by atoms with van der Waals surface area (Å²) in [6.45, 7) is 3.31. The maximum Gasteiger partial charge on any atom is 0.417 e. The molecule has 1 aliphatic heterocycles. The van der Waals surface area contributed by atoms with E-state index < -0.39 is 41.1 Å². The maximum atomic E-state index is 13.4. The summed E-state index contributed by atoms with van der Waals surface area (Å²) in [7, 11) is 4.04. The lowest BCUT2D eigenvalue weighted by atomic mass is 9.93. The molecular formula is C23H26N2O8. The number of methoxy groups -OCH3 is 3. The van der Waals surface area contributed by atoms with Gasteiger partial charge >= 0.3 is 11.8 Å². The average Bonchev–Trinajstić information content (AvgIpc) is 3.12. The van der Waals surface area contributed by atoms with Gasteiger partial charge in [0.25, 0.3) is 0 Å². The molecule has 0 spiro atoms. The molecule has 0 saturated carbocycles. The largest absolute Gasteiger partial charge is 0.496 e. The van der Waals surface area contributed by atoms with E-state index in [1.807, 2.05) is 30.3 Å². The van der Waals surface area contributed by atoms with Gasteiger partial charge in [0.15, 0.2) is 0 Å². The molecule has 0 radical (unpaired) electrons. The molecule has 3 rings (SSSR count). The van der Waals surface area contributed by atoms with Crippen molar-refractivity contribution < 1.29 is 33.5 Å². The molecule has 0 aromatic heterocycles. The first-order valence-corrected chi connectivity index (χ1v) is 10.3. The van der Waals surface area contributed by atoms with Crippen LogP contribution in [0.5, 0.6) is 11.5 Å². The van der Waals surface area contributed by atoms with Crippen LogP contribution in [0, 0.1) is 16.0 Å². The Labute approximate surface area is 191 Å². The van der Waals surface area contributed by atoms with Crippen LogP contribution in [0.25, 0.3) is 0 Å². The van der Waals surface area contributed by atoms with Gasteiger partial charge in [0.05, 0.1) is 43.3 Å². The fourth-order valence-corrected chi connectivity index (χ4v) is 4.09. The van der Waals surface area contributed by atoms with Crippen molar-refractivity contribution in [2.75, 3.05) is 21.3 Å². The number of hydrogen-bond donors (Lipinski definition) is 0. The molecule has 0 bridgehead atoms. The zero-order valence-corrected chi connectivity index (χ0v) is 19.0. The fraction of sp³-hybridized carbons (Fsp3) is 0.391. The molecule has 10 heteroatoms. The Morgan fingerprint density at radius 3 is 2.36 bits per heavy atom. The SMILES string of the molecule is COc1cc([C@H](OC)[C@@H](C)C(=O)N2C(=O)O[C@@H](c3ccccc3)[C@H]2C)c(OC)c([N+](=O)[O-])c1. The molecule has 2 aromatic rings. The summed E-state index contributed by atoms with van der Waals surface area (Å²) < 4.78 is 21.6. The third-order valence-corrected chi connectivity index (χ3v) is 5.75. The summed E-state index contributed by atoms with van der Waals surface area (Å²) in [5, 5.41) is 11.6. The number of rotatable bonds is 8. The van der Waals surface area contributed by atoms with Crippen molar-refractivity contribution >= 4 is 17.7 Å². The van der Waals surface area contributed by atoms with Gasteiger partial charge in [-0.15, -0.1) is 0 Å². The number of benzene rings is 2. The highest BCUT2D eigenvalue weighted by Gasteiger charge is 2.46. The monoisotopic (exact) mass is 458 g/mol. The normalized spacial score (nSPS) is 19.5. The molecule has 33 heavy (non-hydrogen) atoms. The third kappa shape index (κ3) is 4.47. The highest BCUT2D eigenvalue weighted by Crippen LogP contribution is 2.43. The molecule has 0 aliphatic carbocycles. The fourth-order valence-electron chi connectivity index (χ4n) is 4.09. The molecular weight excluding hydrogens is 432 g/mol. The second-order valence-corrected chi connectivity index (χ2v) is 7.63. The highest BCUT2D eigenvalue weighted by atomic mass is 16.6. The molecule has 2 aromatic carbocycles. The smallest absolute Gasteiger partial charge is 0.417 e. The minimum Gasteiger partial charge on any atom is -0.496 e. The average molecular weight is 458 g/mol. The number of carbonyl (C=O) groups is 2. The standard InChI is InChI=1S/C23H26N2O8/c1-13(19(31-4)17-11-16(30-3)12-18(25(28)29)21(17)32-5)22(26)24-14(2)20(33-23(24)27)15-9-7-6-8-10-15/h6-14,19-20H,1-5H3/t13-,14-,19-,20-/m1/s1. The number of cyclic esters (lactones) is 1. The second kappa shape index (κ2) is 9.86. The number of hydrogen-bond acceptors (Lipinski definition) is 8. The predicted molar refractivity (Wildman–Crippen MR) is 117 cm³/mol. The summed E-state index contributed by atoms with van der Waals surface area (Å²) in [6.07, 6.45) is -2.33. The van der Waals surface area contributed by atoms with Gasteiger partial charge < -0.3 is 18.9 Å². The lowest BCUT2D eigenvalue weighted by Crippen LogP contribution is -2.42. The van der Waals surface area contributed by atoms with E-state index in [2.05, 4.69) is 0 Å². The van der Waals surface area contributed by atoms with E-state index >= 15 is 0 Å². The summed E-state index contributed by atoms with van der Waals surface area (Å²) in [5.41, 5.74) is 0.702. The maximum absolute atomic E-state index is 13.4. The van der Waals surface area contributed by atoms with E-state index in [1.165, 1.54) is 33.5 Å². The molecule has 2 amide bonds. The van der Waals surface area contributed by atoms with Crippen molar-refractivity contribution in [3.63, 3.8) is 0 Å². The topological polar surface area (TPSA) is 117 Å². The van der Waals surface area contributed by atoms with Gasteiger partial charge in [0.1, 0.15) is 11.9 Å². The zero-order chi connectivity index (χ0) is 24.3. The third-order valence-electron chi connectivity index (χ3n) is 5.75. The van der Waals surface area contributed by atoms with Crippen molar-refractivity contribution in [2.24, 2.45) is 5.92 Å². The van der Waals surface area contributed by atoms with Gasteiger partial charge in [-0.05, 0) is 18.6 Å². The Hall–Kier alpha value is -3.66. The van der Waals surface area contributed by atoms with E-state index in [1.54, 1.807) is 13.8 Å². The number of nitro groups is 1. The van der Waals surface area contributed by atoms with Crippen LogP contribution in [-0.2, 0) is 14.3 Å². The summed E-state index contributed by atoms with van der Waals surface area (Å²) in [6, 6.07) is 11.3.